The maximum atomic E-state index is 12.4. The summed E-state index contributed by atoms with van der Waals surface area (Å²) in [6.45, 7) is 2.84. The van der Waals surface area contributed by atoms with Crippen molar-refractivity contribution < 1.29 is 13.2 Å². The maximum absolute atomic E-state index is 12.4. The van der Waals surface area contributed by atoms with E-state index in [0.29, 0.717) is 29.6 Å². The van der Waals surface area contributed by atoms with Gasteiger partial charge in [-0.15, -0.1) is 11.3 Å². The van der Waals surface area contributed by atoms with E-state index in [9.17, 15) is 13.2 Å². The van der Waals surface area contributed by atoms with Crippen molar-refractivity contribution in [1.82, 2.24) is 9.21 Å². The van der Waals surface area contributed by atoms with Crippen LogP contribution in [-0.2, 0) is 14.8 Å². The van der Waals surface area contributed by atoms with Crippen LogP contribution in [0.1, 0.15) is 32.1 Å². The van der Waals surface area contributed by atoms with E-state index in [2.05, 4.69) is 0 Å². The largest absolute Gasteiger partial charge is 0.343 e. The Balaban J connectivity index is 1.53. The van der Waals surface area contributed by atoms with Crippen molar-refractivity contribution >= 4 is 27.3 Å². The minimum absolute atomic E-state index is 0.247. The fraction of sp³-hybridized carbons (Fsp3) is 0.667. The molecule has 2 aliphatic heterocycles. The van der Waals surface area contributed by atoms with Gasteiger partial charge in [0.05, 0.1) is 0 Å². The molecule has 122 valence electrons. The summed E-state index contributed by atoms with van der Waals surface area (Å²) >= 11 is 1.26. The molecular weight excluding hydrogens is 320 g/mol. The van der Waals surface area contributed by atoms with Gasteiger partial charge in [0.25, 0.3) is 10.0 Å². The molecule has 0 N–H and O–H groups in total. The molecule has 2 fully saturated rings. The van der Waals surface area contributed by atoms with Crippen molar-refractivity contribution in [3.05, 3.63) is 17.5 Å². The third kappa shape index (κ3) is 3.36. The van der Waals surface area contributed by atoms with Gasteiger partial charge in [-0.05, 0) is 43.0 Å². The van der Waals surface area contributed by atoms with Crippen LogP contribution in [0, 0.1) is 5.92 Å². The smallest absolute Gasteiger partial charge is 0.252 e. The first-order valence-electron chi connectivity index (χ1n) is 7.89. The van der Waals surface area contributed by atoms with Crippen LogP contribution < -0.4 is 0 Å². The summed E-state index contributed by atoms with van der Waals surface area (Å²) in [6, 6.07) is 3.42. The zero-order valence-electron chi connectivity index (χ0n) is 12.6. The second kappa shape index (κ2) is 6.68. The molecule has 5 nitrogen and oxygen atoms in total. The summed E-state index contributed by atoms with van der Waals surface area (Å²) in [4.78, 5) is 14.1. The highest BCUT2D eigenvalue weighted by Gasteiger charge is 2.31. The molecule has 0 atom stereocenters. The predicted molar refractivity (Wildman–Crippen MR) is 86.2 cm³/mol. The van der Waals surface area contributed by atoms with Gasteiger partial charge >= 0.3 is 0 Å². The van der Waals surface area contributed by atoms with E-state index in [0.717, 1.165) is 38.8 Å². The SMILES string of the molecule is O=C(CC1CCN(S(=O)(=O)c2cccs2)CC1)N1CCCC1. The van der Waals surface area contributed by atoms with E-state index >= 15 is 0 Å². The Morgan fingerprint density at radius 3 is 2.45 bits per heavy atom. The normalized spacial score (nSPS) is 21.4. The molecule has 0 aliphatic carbocycles. The van der Waals surface area contributed by atoms with Crippen LogP contribution in [0.25, 0.3) is 0 Å². The number of rotatable bonds is 4. The highest BCUT2D eigenvalue weighted by atomic mass is 32.2. The Bertz CT molecular complexity index is 599. The Morgan fingerprint density at radius 2 is 1.86 bits per heavy atom. The number of likely N-dealkylation sites (tertiary alicyclic amines) is 1. The molecular formula is C15H22N2O3S2. The average molecular weight is 342 g/mol. The van der Waals surface area contributed by atoms with Crippen LogP contribution in [0.15, 0.2) is 21.7 Å². The molecule has 3 rings (SSSR count). The van der Waals surface area contributed by atoms with Crippen LogP contribution >= 0.6 is 11.3 Å². The van der Waals surface area contributed by atoms with E-state index in [1.807, 2.05) is 4.90 Å². The van der Waals surface area contributed by atoms with Gasteiger partial charge < -0.3 is 4.90 Å². The lowest BCUT2D eigenvalue weighted by atomic mass is 9.94. The first-order valence-corrected chi connectivity index (χ1v) is 10.2. The lowest BCUT2D eigenvalue weighted by Gasteiger charge is -2.31. The fourth-order valence-electron chi connectivity index (χ4n) is 3.23. The third-order valence-electron chi connectivity index (χ3n) is 4.58. The number of nitrogens with zero attached hydrogens (tertiary/aromatic N) is 2. The van der Waals surface area contributed by atoms with Gasteiger partial charge in [0, 0.05) is 32.6 Å². The van der Waals surface area contributed by atoms with Crippen LogP contribution in [0.4, 0.5) is 0 Å². The fourth-order valence-corrected chi connectivity index (χ4v) is 5.85. The molecule has 1 aromatic rings. The summed E-state index contributed by atoms with van der Waals surface area (Å²) in [7, 11) is -3.33. The molecule has 0 aromatic carbocycles. The molecule has 0 spiro atoms. The molecule has 2 aliphatic rings. The number of hydrogen-bond donors (Lipinski definition) is 0. The van der Waals surface area contributed by atoms with Gasteiger partial charge in [-0.3, -0.25) is 4.79 Å². The Hall–Kier alpha value is -0.920. The quantitative estimate of drug-likeness (QED) is 0.842. The molecule has 0 radical (unpaired) electrons. The van der Waals surface area contributed by atoms with Crippen molar-refractivity contribution in [2.75, 3.05) is 26.2 Å². The monoisotopic (exact) mass is 342 g/mol. The Morgan fingerprint density at radius 1 is 1.18 bits per heavy atom. The van der Waals surface area contributed by atoms with Gasteiger partial charge in [0.2, 0.25) is 5.91 Å². The van der Waals surface area contributed by atoms with E-state index in [4.69, 9.17) is 0 Å². The predicted octanol–water partition coefficient (Wildman–Crippen LogP) is 2.16. The number of thiophene rings is 1. The topological polar surface area (TPSA) is 57.7 Å². The molecule has 0 bridgehead atoms. The number of hydrogen-bond acceptors (Lipinski definition) is 4. The number of amides is 1. The van der Waals surface area contributed by atoms with Gasteiger partial charge in [-0.2, -0.15) is 4.31 Å². The third-order valence-corrected chi connectivity index (χ3v) is 7.86. The van der Waals surface area contributed by atoms with E-state index in [-0.39, 0.29) is 5.91 Å². The lowest BCUT2D eigenvalue weighted by molar-refractivity contribution is -0.131. The van der Waals surface area contributed by atoms with Crippen molar-refractivity contribution in [2.45, 2.75) is 36.3 Å². The maximum Gasteiger partial charge on any atom is 0.252 e. The van der Waals surface area contributed by atoms with Crippen LogP contribution in [-0.4, -0.2) is 49.7 Å². The zero-order valence-corrected chi connectivity index (χ0v) is 14.2. The van der Waals surface area contributed by atoms with E-state index < -0.39 is 10.0 Å². The first kappa shape index (κ1) is 16.0. The lowest BCUT2D eigenvalue weighted by Crippen LogP contribution is -2.39. The molecule has 1 aromatic heterocycles. The molecule has 2 saturated heterocycles. The number of carbonyl (C=O) groups is 1. The van der Waals surface area contributed by atoms with Gasteiger partial charge in [-0.25, -0.2) is 8.42 Å². The zero-order chi connectivity index (χ0) is 15.6. The summed E-state index contributed by atoms with van der Waals surface area (Å²) < 4.78 is 26.9. The molecule has 7 heteroatoms. The molecule has 22 heavy (non-hydrogen) atoms. The number of carbonyl (C=O) groups excluding carboxylic acids is 1. The summed E-state index contributed by atoms with van der Waals surface area (Å²) in [6.07, 6.45) is 4.37. The molecule has 0 saturated carbocycles. The highest BCUT2D eigenvalue weighted by Crippen LogP contribution is 2.28. The van der Waals surface area contributed by atoms with Crippen LogP contribution in [0.3, 0.4) is 0 Å². The van der Waals surface area contributed by atoms with Crippen molar-refractivity contribution in [3.63, 3.8) is 0 Å². The average Bonchev–Trinajstić information content (AvgIpc) is 3.21. The number of sulfonamides is 1. The van der Waals surface area contributed by atoms with Gasteiger partial charge in [0.1, 0.15) is 4.21 Å². The highest BCUT2D eigenvalue weighted by molar-refractivity contribution is 7.91. The minimum Gasteiger partial charge on any atom is -0.343 e. The van der Waals surface area contributed by atoms with Crippen molar-refractivity contribution in [3.8, 4) is 0 Å². The molecule has 1 amide bonds. The van der Waals surface area contributed by atoms with Crippen LogP contribution in [0.5, 0.6) is 0 Å². The van der Waals surface area contributed by atoms with Gasteiger partial charge in [0.15, 0.2) is 0 Å². The van der Waals surface area contributed by atoms with E-state index in [1.54, 1.807) is 21.8 Å². The standard InChI is InChI=1S/C15H22N2O3S2/c18-14(16-7-1-2-8-16)12-13-5-9-17(10-6-13)22(19,20)15-4-3-11-21-15/h3-4,11,13H,1-2,5-10,12H2. The van der Waals surface area contributed by atoms with E-state index in [1.165, 1.54) is 11.3 Å². The van der Waals surface area contributed by atoms with Crippen molar-refractivity contribution in [2.24, 2.45) is 5.92 Å². The Labute approximate surface area is 136 Å². The second-order valence-electron chi connectivity index (χ2n) is 6.07. The second-order valence-corrected chi connectivity index (χ2v) is 9.18. The molecule has 0 unspecified atom stereocenters. The summed E-state index contributed by atoms with van der Waals surface area (Å²) in [5.41, 5.74) is 0. The van der Waals surface area contributed by atoms with Gasteiger partial charge in [-0.1, -0.05) is 6.07 Å². The minimum atomic E-state index is -3.33. The number of piperidine rings is 1. The first-order chi connectivity index (χ1) is 10.6. The summed E-state index contributed by atoms with van der Waals surface area (Å²) in [5, 5.41) is 1.79. The molecule has 3 heterocycles. The Kier molecular flexibility index (Phi) is 4.84. The van der Waals surface area contributed by atoms with Crippen LogP contribution in [0.2, 0.25) is 0 Å². The summed E-state index contributed by atoms with van der Waals surface area (Å²) in [5.74, 6) is 0.569. The van der Waals surface area contributed by atoms with Crippen molar-refractivity contribution in [1.29, 1.82) is 0 Å².